The van der Waals surface area contributed by atoms with Crippen molar-refractivity contribution in [1.29, 1.82) is 0 Å². The molecule has 0 heterocycles. The van der Waals surface area contributed by atoms with Gasteiger partial charge >= 0.3 is 5.69 Å². The van der Waals surface area contributed by atoms with Gasteiger partial charge in [0, 0.05) is 10.5 Å². The highest BCUT2D eigenvalue weighted by atomic mass is 79.9. The van der Waals surface area contributed by atoms with Gasteiger partial charge < -0.3 is 9.84 Å². The Hall–Kier alpha value is -1.14. The highest BCUT2D eigenvalue weighted by Gasteiger charge is 2.28. The van der Waals surface area contributed by atoms with Crippen molar-refractivity contribution in [2.24, 2.45) is 0 Å². The third-order valence-corrected chi connectivity index (χ3v) is 3.81. The van der Waals surface area contributed by atoms with Crippen molar-refractivity contribution in [2.75, 3.05) is 0 Å². The average Bonchev–Trinajstić information content (AvgIpc) is 2.34. The van der Waals surface area contributed by atoms with E-state index in [1.165, 1.54) is 6.07 Å². The van der Waals surface area contributed by atoms with Crippen LogP contribution in [0.2, 0.25) is 0 Å². The number of benzene rings is 1. The fourth-order valence-corrected chi connectivity index (χ4v) is 2.93. The van der Waals surface area contributed by atoms with E-state index in [9.17, 15) is 15.2 Å². The summed E-state index contributed by atoms with van der Waals surface area (Å²) in [5.41, 5.74) is 0.628. The highest BCUT2D eigenvalue weighted by Crippen LogP contribution is 2.36. The molecule has 0 bridgehead atoms. The van der Waals surface area contributed by atoms with Crippen LogP contribution < -0.4 is 4.74 Å². The van der Waals surface area contributed by atoms with Crippen molar-refractivity contribution in [2.45, 2.75) is 44.8 Å². The van der Waals surface area contributed by atoms with E-state index in [0.717, 1.165) is 19.3 Å². The van der Waals surface area contributed by atoms with Crippen LogP contribution >= 0.6 is 15.9 Å². The molecule has 0 amide bonds. The van der Waals surface area contributed by atoms with E-state index in [0.29, 0.717) is 16.5 Å². The predicted octanol–water partition coefficient (Wildman–Crippen LogP) is 3.35. The number of hydrogen-bond donors (Lipinski definition) is 1. The number of hydrogen-bond acceptors (Lipinski definition) is 4. The summed E-state index contributed by atoms with van der Waals surface area (Å²) >= 11 is 3.24. The van der Waals surface area contributed by atoms with Gasteiger partial charge in [-0.15, -0.1) is 0 Å². The number of nitro benzene ring substituents is 1. The molecule has 19 heavy (non-hydrogen) atoms. The first-order chi connectivity index (χ1) is 8.99. The third kappa shape index (κ3) is 3.25. The second-order valence-corrected chi connectivity index (χ2v) is 5.75. The minimum absolute atomic E-state index is 0.0651. The molecule has 1 saturated carbocycles. The fourth-order valence-electron chi connectivity index (χ4n) is 2.37. The Morgan fingerprint density at radius 2 is 2.11 bits per heavy atom. The first-order valence-electron chi connectivity index (χ1n) is 6.28. The monoisotopic (exact) mass is 329 g/mol. The summed E-state index contributed by atoms with van der Waals surface area (Å²) in [6.45, 7) is 1.77. The molecule has 0 spiro atoms. The van der Waals surface area contributed by atoms with E-state index in [1.807, 2.05) is 0 Å². The van der Waals surface area contributed by atoms with E-state index in [-0.39, 0.29) is 17.5 Å². The molecule has 0 saturated heterocycles. The Morgan fingerprint density at radius 1 is 1.42 bits per heavy atom. The van der Waals surface area contributed by atoms with Crippen LogP contribution in [0.4, 0.5) is 5.69 Å². The maximum Gasteiger partial charge on any atom is 0.312 e. The van der Waals surface area contributed by atoms with Crippen LogP contribution in [0.1, 0.15) is 31.2 Å². The minimum atomic E-state index is -0.545. The van der Waals surface area contributed by atoms with Crippen molar-refractivity contribution in [3.8, 4) is 5.75 Å². The molecule has 5 nitrogen and oxygen atoms in total. The summed E-state index contributed by atoms with van der Waals surface area (Å²) in [4.78, 5) is 10.6. The van der Waals surface area contributed by atoms with Gasteiger partial charge in [-0.05, 0) is 37.8 Å². The summed E-state index contributed by atoms with van der Waals surface area (Å²) < 4.78 is 6.38. The average molecular weight is 330 g/mol. The fraction of sp³-hybridized carbons (Fsp3) is 0.538. The van der Waals surface area contributed by atoms with Gasteiger partial charge in [0.05, 0.1) is 11.0 Å². The number of aliphatic hydroxyl groups is 1. The van der Waals surface area contributed by atoms with E-state index in [1.54, 1.807) is 13.0 Å². The second-order valence-electron chi connectivity index (χ2n) is 4.84. The van der Waals surface area contributed by atoms with Gasteiger partial charge in [0.2, 0.25) is 5.75 Å². The molecule has 6 heteroatoms. The van der Waals surface area contributed by atoms with Crippen LogP contribution in [0.25, 0.3) is 0 Å². The van der Waals surface area contributed by atoms with Crippen LogP contribution in [-0.4, -0.2) is 22.2 Å². The van der Waals surface area contributed by atoms with Crippen molar-refractivity contribution < 1.29 is 14.8 Å². The highest BCUT2D eigenvalue weighted by molar-refractivity contribution is 9.10. The van der Waals surface area contributed by atoms with Gasteiger partial charge in [-0.1, -0.05) is 22.4 Å². The molecule has 0 radical (unpaired) electrons. The number of nitro groups is 1. The topological polar surface area (TPSA) is 72.6 Å². The molecule has 2 atom stereocenters. The second kappa shape index (κ2) is 5.88. The molecule has 0 aromatic heterocycles. The molecule has 0 unspecified atom stereocenters. The molecule has 1 aromatic carbocycles. The maximum atomic E-state index is 11.1. The number of rotatable bonds is 3. The van der Waals surface area contributed by atoms with Crippen LogP contribution in [0.5, 0.6) is 5.75 Å². The Bertz CT molecular complexity index is 492. The zero-order valence-corrected chi connectivity index (χ0v) is 12.2. The summed E-state index contributed by atoms with van der Waals surface area (Å²) in [7, 11) is 0. The van der Waals surface area contributed by atoms with E-state index in [2.05, 4.69) is 15.9 Å². The summed E-state index contributed by atoms with van der Waals surface area (Å²) in [6, 6.07) is 3.20. The zero-order valence-electron chi connectivity index (χ0n) is 10.6. The lowest BCUT2D eigenvalue weighted by molar-refractivity contribution is -0.386. The van der Waals surface area contributed by atoms with Gasteiger partial charge in [0.15, 0.2) is 0 Å². The normalized spacial score (nSPS) is 23.1. The molecule has 104 valence electrons. The van der Waals surface area contributed by atoms with Crippen molar-refractivity contribution in [3.63, 3.8) is 0 Å². The van der Waals surface area contributed by atoms with Crippen LogP contribution in [0, 0.1) is 17.0 Å². The predicted molar refractivity (Wildman–Crippen MR) is 74.4 cm³/mol. The molecular weight excluding hydrogens is 314 g/mol. The van der Waals surface area contributed by atoms with Crippen molar-refractivity contribution in [1.82, 2.24) is 0 Å². The minimum Gasteiger partial charge on any atom is -0.481 e. The lowest BCUT2D eigenvalue weighted by Crippen LogP contribution is -2.35. The number of aryl methyl sites for hydroxylation is 1. The van der Waals surface area contributed by atoms with Crippen molar-refractivity contribution >= 4 is 21.6 Å². The molecule has 1 N–H and O–H groups in total. The molecular formula is C13H16BrNO4. The van der Waals surface area contributed by atoms with Gasteiger partial charge in [0.1, 0.15) is 6.10 Å². The smallest absolute Gasteiger partial charge is 0.312 e. The first-order valence-corrected chi connectivity index (χ1v) is 7.07. The molecule has 1 aliphatic carbocycles. The standard InChI is InChI=1S/C13H16BrNO4/c1-8-6-9(14)7-10(15(17)18)13(8)19-12-5-3-2-4-11(12)16/h6-7,11-12,16H,2-5H2,1H3/t11-,12-/m0/s1. The zero-order chi connectivity index (χ0) is 14.0. The number of nitrogens with zero attached hydrogens (tertiary/aromatic N) is 1. The molecule has 1 aliphatic rings. The Balaban J connectivity index is 2.30. The third-order valence-electron chi connectivity index (χ3n) is 3.35. The van der Waals surface area contributed by atoms with Gasteiger partial charge in [-0.2, -0.15) is 0 Å². The summed E-state index contributed by atoms with van der Waals surface area (Å²) in [5.74, 6) is 0.263. The van der Waals surface area contributed by atoms with Crippen molar-refractivity contribution in [3.05, 3.63) is 32.3 Å². The molecule has 0 aliphatic heterocycles. The van der Waals surface area contributed by atoms with Crippen LogP contribution in [0.3, 0.4) is 0 Å². The lowest BCUT2D eigenvalue weighted by atomic mass is 9.94. The quantitative estimate of drug-likeness (QED) is 0.681. The molecule has 1 aromatic rings. The van der Waals surface area contributed by atoms with E-state index >= 15 is 0 Å². The van der Waals surface area contributed by atoms with E-state index in [4.69, 9.17) is 4.74 Å². The molecule has 2 rings (SSSR count). The first kappa shape index (κ1) is 14.3. The number of halogens is 1. The van der Waals surface area contributed by atoms with E-state index < -0.39 is 11.0 Å². The van der Waals surface area contributed by atoms with Crippen LogP contribution in [0.15, 0.2) is 16.6 Å². The summed E-state index contributed by atoms with van der Waals surface area (Å²) in [5, 5.41) is 21.0. The molecule has 1 fully saturated rings. The van der Waals surface area contributed by atoms with Gasteiger partial charge in [-0.3, -0.25) is 10.1 Å². The number of aliphatic hydroxyl groups excluding tert-OH is 1. The largest absolute Gasteiger partial charge is 0.481 e. The Morgan fingerprint density at radius 3 is 2.74 bits per heavy atom. The Kier molecular flexibility index (Phi) is 4.42. The van der Waals surface area contributed by atoms with Crippen LogP contribution in [-0.2, 0) is 0 Å². The van der Waals surface area contributed by atoms with Gasteiger partial charge in [0.25, 0.3) is 0 Å². The maximum absolute atomic E-state index is 11.1. The number of ether oxygens (including phenoxy) is 1. The lowest BCUT2D eigenvalue weighted by Gasteiger charge is -2.28. The Labute approximate surface area is 119 Å². The SMILES string of the molecule is Cc1cc(Br)cc([N+](=O)[O-])c1O[C@H]1CCCC[C@@H]1O. The van der Waals surface area contributed by atoms with Gasteiger partial charge in [-0.25, -0.2) is 0 Å². The summed E-state index contributed by atoms with van der Waals surface area (Å²) in [6.07, 6.45) is 2.47.